The Kier molecular flexibility index (Phi) is 10.9. The average Bonchev–Trinajstić information content (AvgIpc) is 3.50. The van der Waals surface area contributed by atoms with Crippen LogP contribution in [-0.2, 0) is 27.2 Å². The van der Waals surface area contributed by atoms with Crippen LogP contribution in [0.2, 0.25) is 0 Å². The van der Waals surface area contributed by atoms with Gasteiger partial charge in [0, 0.05) is 54.9 Å². The lowest BCUT2D eigenvalue weighted by Gasteiger charge is -2.36. The van der Waals surface area contributed by atoms with Crippen molar-refractivity contribution in [2.24, 2.45) is 0 Å². The molecule has 1 amide bonds. The number of hydrogen-bond donors (Lipinski definition) is 0. The zero-order valence-corrected chi connectivity index (χ0v) is 26.4. The number of carbonyl (C=O) groups excluding carboxylic acids is 2. The van der Waals surface area contributed by atoms with E-state index in [9.17, 15) is 14.0 Å². The third-order valence-electron chi connectivity index (χ3n) is 8.72. The molecule has 2 aromatic carbocycles. The number of carbonyl (C=O) groups is 2. The van der Waals surface area contributed by atoms with Gasteiger partial charge in [0.25, 0.3) is 0 Å². The van der Waals surface area contributed by atoms with Crippen LogP contribution in [0.25, 0.3) is 10.1 Å². The number of benzene rings is 2. The fourth-order valence-electron chi connectivity index (χ4n) is 6.25. The van der Waals surface area contributed by atoms with Crippen LogP contribution >= 0.6 is 11.3 Å². The van der Waals surface area contributed by atoms with Gasteiger partial charge in [-0.15, -0.1) is 11.3 Å². The molecule has 0 saturated carbocycles. The van der Waals surface area contributed by atoms with E-state index < -0.39 is 5.97 Å². The highest BCUT2D eigenvalue weighted by atomic mass is 32.1. The number of methoxy groups -OCH3 is 1. The topological polar surface area (TPSA) is 53.1 Å². The minimum atomic E-state index is -0.464. The molecule has 1 fully saturated rings. The Morgan fingerprint density at radius 1 is 0.977 bits per heavy atom. The molecule has 2 aliphatic heterocycles. The molecule has 5 rings (SSSR count). The van der Waals surface area contributed by atoms with Gasteiger partial charge in [-0.3, -0.25) is 14.6 Å². The summed E-state index contributed by atoms with van der Waals surface area (Å²) in [6, 6.07) is 11.7. The van der Waals surface area contributed by atoms with Crippen molar-refractivity contribution in [3.8, 4) is 0 Å². The van der Waals surface area contributed by atoms with E-state index in [1.807, 2.05) is 11.5 Å². The van der Waals surface area contributed by atoms with Crippen LogP contribution in [0.5, 0.6) is 0 Å². The number of aryl methyl sites for hydroxylation is 1. The number of amides is 1. The number of allylic oxidation sites excluding steroid dienone is 1. The number of rotatable bonds is 13. The van der Waals surface area contributed by atoms with E-state index in [-0.39, 0.29) is 11.7 Å². The van der Waals surface area contributed by atoms with Crippen LogP contribution in [0.1, 0.15) is 69.4 Å². The number of ether oxygens (including phenoxy) is 1. The van der Waals surface area contributed by atoms with E-state index in [1.54, 1.807) is 28.4 Å². The Labute approximate surface area is 259 Å². The maximum Gasteiger partial charge on any atom is 0.354 e. The second-order valence-electron chi connectivity index (χ2n) is 11.7. The van der Waals surface area contributed by atoms with Crippen LogP contribution in [0.3, 0.4) is 0 Å². The number of thiophene rings is 1. The molecule has 0 bridgehead atoms. The molecule has 3 aromatic rings. The lowest BCUT2D eigenvalue weighted by molar-refractivity contribution is -0.137. The molecular formula is C35H44FN3O3S. The molecule has 0 N–H and O–H groups in total. The molecule has 0 atom stereocenters. The molecule has 43 heavy (non-hydrogen) atoms. The van der Waals surface area contributed by atoms with Crippen molar-refractivity contribution < 1.29 is 18.7 Å². The Morgan fingerprint density at radius 3 is 2.56 bits per heavy atom. The molecule has 2 aliphatic rings. The van der Waals surface area contributed by atoms with Gasteiger partial charge in [0.1, 0.15) is 11.5 Å². The highest BCUT2D eigenvalue weighted by Gasteiger charge is 2.31. The summed E-state index contributed by atoms with van der Waals surface area (Å²) >= 11 is 1.58. The van der Waals surface area contributed by atoms with Crippen molar-refractivity contribution in [2.45, 2.75) is 71.1 Å². The first kappa shape index (κ1) is 31.2. The van der Waals surface area contributed by atoms with Gasteiger partial charge >= 0.3 is 5.97 Å². The van der Waals surface area contributed by atoms with Gasteiger partial charge in [0.05, 0.1) is 12.8 Å². The lowest BCUT2D eigenvalue weighted by Crippen LogP contribution is -2.47. The highest BCUT2D eigenvalue weighted by Crippen LogP contribution is 2.34. The monoisotopic (exact) mass is 605 g/mol. The molecule has 1 saturated heterocycles. The van der Waals surface area contributed by atoms with Crippen molar-refractivity contribution in [2.75, 3.05) is 49.6 Å². The molecule has 0 spiro atoms. The molecule has 0 aliphatic carbocycles. The fourth-order valence-corrected chi connectivity index (χ4v) is 7.08. The van der Waals surface area contributed by atoms with Crippen LogP contribution in [0, 0.1) is 5.82 Å². The van der Waals surface area contributed by atoms with Gasteiger partial charge in [-0.2, -0.15) is 0 Å². The quantitative estimate of drug-likeness (QED) is 0.115. The molecule has 3 heterocycles. The van der Waals surface area contributed by atoms with E-state index >= 15 is 0 Å². The summed E-state index contributed by atoms with van der Waals surface area (Å²) in [5.41, 5.74) is 4.37. The molecule has 1 aromatic heterocycles. The van der Waals surface area contributed by atoms with E-state index in [0.717, 1.165) is 91.0 Å². The maximum atomic E-state index is 14.2. The highest BCUT2D eigenvalue weighted by molar-refractivity contribution is 7.17. The van der Waals surface area contributed by atoms with E-state index in [4.69, 9.17) is 4.74 Å². The summed E-state index contributed by atoms with van der Waals surface area (Å²) in [5.74, 6) is -0.703. The fraction of sp³-hybridized carbons (Fsp3) is 0.486. The molecule has 8 heteroatoms. The van der Waals surface area contributed by atoms with Gasteiger partial charge in [-0.05, 0) is 66.5 Å². The Morgan fingerprint density at radius 2 is 1.77 bits per heavy atom. The van der Waals surface area contributed by atoms with Crippen molar-refractivity contribution >= 4 is 44.7 Å². The standard InChI is InChI=1S/C35H44FN3O3S/c1-3-4-5-6-7-8-9-10-30(35(41)42-2)39-31-23-26(11-12-27(31)13-14-34(39)40)15-17-37-18-20-38(21-19-37)32-24-28(36)25-33-29(32)16-22-43-33/h10-12,16,22-25H,3-9,13-15,17-21H2,1-2H3. The average molecular weight is 606 g/mol. The molecule has 6 nitrogen and oxygen atoms in total. The number of halogens is 1. The van der Waals surface area contributed by atoms with E-state index in [1.165, 1.54) is 32.8 Å². The van der Waals surface area contributed by atoms with Gasteiger partial charge in [-0.1, -0.05) is 57.2 Å². The van der Waals surface area contributed by atoms with E-state index in [0.29, 0.717) is 18.5 Å². The molecular weight excluding hydrogens is 561 g/mol. The van der Waals surface area contributed by atoms with Crippen LogP contribution in [0.4, 0.5) is 15.8 Å². The summed E-state index contributed by atoms with van der Waals surface area (Å²) < 4.78 is 20.4. The lowest BCUT2D eigenvalue weighted by atomic mass is 9.97. The van der Waals surface area contributed by atoms with Crippen LogP contribution < -0.4 is 9.80 Å². The minimum Gasteiger partial charge on any atom is -0.464 e. The first-order valence-electron chi connectivity index (χ1n) is 15.9. The predicted octanol–water partition coefficient (Wildman–Crippen LogP) is 7.49. The largest absolute Gasteiger partial charge is 0.464 e. The number of piperazine rings is 1. The van der Waals surface area contributed by atoms with Crippen molar-refractivity contribution in [1.82, 2.24) is 4.90 Å². The zero-order chi connectivity index (χ0) is 30.2. The van der Waals surface area contributed by atoms with Crippen LogP contribution in [0.15, 0.2) is 53.6 Å². The molecule has 0 unspecified atom stereocenters. The van der Waals surface area contributed by atoms with Gasteiger partial charge in [0.15, 0.2) is 0 Å². The number of anilines is 2. The van der Waals surface area contributed by atoms with Gasteiger partial charge < -0.3 is 9.64 Å². The van der Waals surface area contributed by atoms with Crippen LogP contribution in [-0.4, -0.2) is 56.6 Å². The maximum absolute atomic E-state index is 14.2. The van der Waals surface area contributed by atoms with E-state index in [2.05, 4.69) is 41.0 Å². The first-order chi connectivity index (χ1) is 21.0. The van der Waals surface area contributed by atoms with Crippen molar-refractivity contribution in [3.05, 3.63) is 70.5 Å². The number of fused-ring (bicyclic) bond motifs is 2. The second-order valence-corrected chi connectivity index (χ2v) is 12.6. The predicted molar refractivity (Wildman–Crippen MR) is 174 cm³/mol. The third-order valence-corrected chi connectivity index (χ3v) is 9.59. The Bertz CT molecular complexity index is 1440. The SMILES string of the molecule is CCCCCCCCC=C(C(=O)OC)N1C(=O)CCc2ccc(CCN3CCN(c4cc(F)cc5sccc45)CC3)cc21. The normalized spacial score (nSPS) is 16.2. The summed E-state index contributed by atoms with van der Waals surface area (Å²) in [6.45, 7) is 6.63. The Balaban J connectivity index is 1.22. The number of esters is 1. The van der Waals surface area contributed by atoms with Crippen molar-refractivity contribution in [3.63, 3.8) is 0 Å². The zero-order valence-electron chi connectivity index (χ0n) is 25.6. The summed E-state index contributed by atoms with van der Waals surface area (Å²) in [7, 11) is 1.38. The number of nitrogens with zero attached hydrogens (tertiary/aromatic N) is 3. The smallest absolute Gasteiger partial charge is 0.354 e. The summed E-state index contributed by atoms with van der Waals surface area (Å²) in [5, 5.41) is 3.15. The third kappa shape index (κ3) is 7.65. The second kappa shape index (κ2) is 15.0. The van der Waals surface area contributed by atoms with Gasteiger partial charge in [-0.25, -0.2) is 9.18 Å². The molecule has 230 valence electrons. The Hall–Kier alpha value is -3.23. The number of hydrogen-bond acceptors (Lipinski definition) is 6. The first-order valence-corrected chi connectivity index (χ1v) is 16.7. The summed E-state index contributed by atoms with van der Waals surface area (Å²) in [4.78, 5) is 32.4. The molecule has 0 radical (unpaired) electrons. The van der Waals surface area contributed by atoms with Gasteiger partial charge in [0.2, 0.25) is 5.91 Å². The minimum absolute atomic E-state index is 0.0579. The van der Waals surface area contributed by atoms with Crippen molar-refractivity contribution in [1.29, 1.82) is 0 Å². The number of unbranched alkanes of at least 4 members (excludes halogenated alkanes) is 6. The summed E-state index contributed by atoms with van der Waals surface area (Å²) in [6.07, 6.45) is 11.6.